The molecule has 3 aliphatic carbocycles. The quantitative estimate of drug-likeness (QED) is 0.528. The Morgan fingerprint density at radius 2 is 1.71 bits per heavy atom. The van der Waals surface area contributed by atoms with E-state index in [9.17, 15) is 25.2 Å². The first-order chi connectivity index (χ1) is 12.9. The van der Waals surface area contributed by atoms with Crippen molar-refractivity contribution in [3.05, 3.63) is 12.2 Å². The van der Waals surface area contributed by atoms with Crippen molar-refractivity contribution < 1.29 is 30.0 Å². The zero-order valence-electron chi connectivity index (χ0n) is 17.3. The van der Waals surface area contributed by atoms with Gasteiger partial charge in [-0.25, -0.2) is 0 Å². The largest absolute Gasteiger partial charge is 0.392 e. The average molecular weight is 395 g/mol. The van der Waals surface area contributed by atoms with Crippen molar-refractivity contribution in [2.45, 2.75) is 77.5 Å². The molecule has 5 aliphatic rings. The fourth-order valence-corrected chi connectivity index (χ4v) is 7.87. The van der Waals surface area contributed by atoms with E-state index in [1.54, 1.807) is 0 Å². The molecule has 6 heteroatoms. The fourth-order valence-electron chi connectivity index (χ4n) is 7.87. The molecule has 3 saturated carbocycles. The summed E-state index contributed by atoms with van der Waals surface area (Å²) in [5, 5.41) is 45.9. The number of carbonyl (C=O) groups is 1. The number of ketones is 1. The molecular formula is C22H34O6. The van der Waals surface area contributed by atoms with Gasteiger partial charge in [-0.05, 0) is 50.9 Å². The summed E-state index contributed by atoms with van der Waals surface area (Å²) in [7, 11) is 0. The summed E-state index contributed by atoms with van der Waals surface area (Å²) >= 11 is 0. The standard InChI is InChI=1S/C22H34O6/c1-11(2)13-6-7-14-20-10-28-22(27,21(14,12(3)23)17(13)25)18(26)16(20)19(4,5)9-8-15(20)24/h13-18,24-27H,1,6-10H2,2-5H3/t13-,14-,15-,16+,17+,18-,20+,21+,22-/m0/s1. The van der Waals surface area contributed by atoms with Crippen LogP contribution in [0.1, 0.15) is 53.4 Å². The molecular weight excluding hydrogens is 360 g/mol. The molecule has 1 spiro atoms. The molecule has 0 amide bonds. The Balaban J connectivity index is 2.00. The topological polar surface area (TPSA) is 107 Å². The molecule has 28 heavy (non-hydrogen) atoms. The second kappa shape index (κ2) is 5.88. The number of hydrogen-bond acceptors (Lipinski definition) is 6. The Kier molecular flexibility index (Phi) is 4.30. The molecule has 6 nitrogen and oxygen atoms in total. The molecule has 2 heterocycles. The van der Waals surface area contributed by atoms with Gasteiger partial charge in [-0.2, -0.15) is 0 Å². The highest BCUT2D eigenvalue weighted by Gasteiger charge is 2.84. The number of hydrogen-bond donors (Lipinski definition) is 4. The maximum Gasteiger partial charge on any atom is 0.208 e. The van der Waals surface area contributed by atoms with E-state index in [1.807, 2.05) is 20.8 Å². The molecule has 5 fully saturated rings. The highest BCUT2D eigenvalue weighted by molar-refractivity contribution is 5.86. The van der Waals surface area contributed by atoms with E-state index in [1.165, 1.54) is 6.92 Å². The molecule has 0 aromatic carbocycles. The first-order valence-corrected chi connectivity index (χ1v) is 10.5. The number of carbonyl (C=O) groups excluding carboxylic acids is 1. The second-order valence-corrected chi connectivity index (χ2v) is 10.5. The number of ether oxygens (including phenoxy) is 1. The molecule has 0 aromatic heterocycles. The third kappa shape index (κ3) is 1.99. The first kappa shape index (κ1) is 20.5. The van der Waals surface area contributed by atoms with Crippen LogP contribution in [0.15, 0.2) is 12.2 Å². The SMILES string of the molecule is C=C(C)[C@@H]1CC[C@H]2[C@@]34CO[C@@](O)([C@@H](O)[C@@H]3C(C)(C)CC[C@@H]4O)[C@@]2(C(C)=O)[C@@H]1O. The minimum absolute atomic E-state index is 0.0833. The lowest BCUT2D eigenvalue weighted by atomic mass is 9.34. The van der Waals surface area contributed by atoms with Crippen LogP contribution in [0.25, 0.3) is 0 Å². The Bertz CT molecular complexity index is 718. The van der Waals surface area contributed by atoms with Gasteiger partial charge in [-0.15, -0.1) is 0 Å². The Labute approximate surface area is 166 Å². The lowest BCUT2D eigenvalue weighted by Gasteiger charge is -2.76. The lowest BCUT2D eigenvalue weighted by molar-refractivity contribution is -0.461. The van der Waals surface area contributed by atoms with E-state index in [4.69, 9.17) is 4.74 Å². The van der Waals surface area contributed by atoms with Crippen LogP contribution in [0.4, 0.5) is 0 Å². The molecule has 0 unspecified atom stereocenters. The van der Waals surface area contributed by atoms with Gasteiger partial charge in [0.2, 0.25) is 5.79 Å². The van der Waals surface area contributed by atoms with E-state index < -0.39 is 52.5 Å². The van der Waals surface area contributed by atoms with Gasteiger partial charge in [0, 0.05) is 17.3 Å². The summed E-state index contributed by atoms with van der Waals surface area (Å²) in [5.74, 6) is -3.84. The Hall–Kier alpha value is -0.790. The number of Topliss-reactive ketones (excluding diaryl/α,β-unsaturated/α-hetero) is 1. The highest BCUT2D eigenvalue weighted by atomic mass is 16.6. The second-order valence-electron chi connectivity index (χ2n) is 10.5. The minimum atomic E-state index is -2.18. The van der Waals surface area contributed by atoms with Crippen LogP contribution < -0.4 is 0 Å². The van der Waals surface area contributed by atoms with Crippen molar-refractivity contribution in [3.63, 3.8) is 0 Å². The van der Waals surface area contributed by atoms with Gasteiger partial charge < -0.3 is 25.2 Å². The highest BCUT2D eigenvalue weighted by Crippen LogP contribution is 2.74. The van der Waals surface area contributed by atoms with E-state index in [0.717, 1.165) is 5.57 Å². The number of rotatable bonds is 2. The molecule has 2 saturated heterocycles. The van der Waals surface area contributed by atoms with Gasteiger partial charge >= 0.3 is 0 Å². The summed E-state index contributed by atoms with van der Waals surface area (Å²) in [4.78, 5) is 13.2. The van der Waals surface area contributed by atoms with Crippen LogP contribution in [0.3, 0.4) is 0 Å². The molecule has 0 aromatic rings. The van der Waals surface area contributed by atoms with Gasteiger partial charge in [0.15, 0.2) is 0 Å². The van der Waals surface area contributed by atoms with Crippen LogP contribution >= 0.6 is 0 Å². The third-order valence-corrected chi connectivity index (χ3v) is 8.98. The Morgan fingerprint density at radius 3 is 2.29 bits per heavy atom. The molecule has 2 aliphatic heterocycles. The van der Waals surface area contributed by atoms with Gasteiger partial charge in [-0.1, -0.05) is 26.0 Å². The first-order valence-electron chi connectivity index (χ1n) is 10.5. The van der Waals surface area contributed by atoms with Crippen molar-refractivity contribution in [1.29, 1.82) is 0 Å². The molecule has 0 radical (unpaired) electrons. The van der Waals surface area contributed by atoms with Crippen molar-refractivity contribution in [1.82, 2.24) is 0 Å². The van der Waals surface area contributed by atoms with Crippen LogP contribution in [0.5, 0.6) is 0 Å². The number of fused-ring (bicyclic) bond motifs is 1. The zero-order chi connectivity index (χ0) is 20.9. The smallest absolute Gasteiger partial charge is 0.208 e. The van der Waals surface area contributed by atoms with Crippen molar-refractivity contribution in [2.24, 2.45) is 34.0 Å². The van der Waals surface area contributed by atoms with E-state index in [0.29, 0.717) is 25.7 Å². The number of aliphatic hydroxyl groups excluding tert-OH is 3. The van der Waals surface area contributed by atoms with E-state index in [-0.39, 0.29) is 17.9 Å². The molecule has 9 atom stereocenters. The van der Waals surface area contributed by atoms with Gasteiger partial charge in [-0.3, -0.25) is 4.79 Å². The maximum absolute atomic E-state index is 13.2. The van der Waals surface area contributed by atoms with Gasteiger partial charge in [0.1, 0.15) is 17.3 Å². The monoisotopic (exact) mass is 394 g/mol. The zero-order valence-corrected chi connectivity index (χ0v) is 17.3. The lowest BCUT2D eigenvalue weighted by Crippen LogP contribution is -2.86. The maximum atomic E-state index is 13.2. The van der Waals surface area contributed by atoms with Gasteiger partial charge in [0.25, 0.3) is 0 Å². The summed E-state index contributed by atoms with van der Waals surface area (Å²) in [5.41, 5.74) is -2.16. The molecule has 2 bridgehead atoms. The summed E-state index contributed by atoms with van der Waals surface area (Å²) < 4.78 is 5.87. The van der Waals surface area contributed by atoms with Gasteiger partial charge in [0.05, 0.1) is 18.8 Å². The van der Waals surface area contributed by atoms with Crippen LogP contribution in [0.2, 0.25) is 0 Å². The van der Waals surface area contributed by atoms with Crippen LogP contribution in [0, 0.1) is 34.0 Å². The van der Waals surface area contributed by atoms with Crippen molar-refractivity contribution in [3.8, 4) is 0 Å². The Morgan fingerprint density at radius 1 is 1.07 bits per heavy atom. The van der Waals surface area contributed by atoms with E-state index in [2.05, 4.69) is 6.58 Å². The van der Waals surface area contributed by atoms with Crippen molar-refractivity contribution >= 4 is 5.78 Å². The summed E-state index contributed by atoms with van der Waals surface area (Å²) in [6.07, 6.45) is -0.906. The summed E-state index contributed by atoms with van der Waals surface area (Å²) in [6.45, 7) is 11.3. The van der Waals surface area contributed by atoms with Crippen molar-refractivity contribution in [2.75, 3.05) is 6.61 Å². The summed E-state index contributed by atoms with van der Waals surface area (Å²) in [6, 6.07) is 0. The number of aliphatic hydroxyl groups is 4. The average Bonchev–Trinajstić information content (AvgIpc) is 2.59. The minimum Gasteiger partial charge on any atom is -0.392 e. The molecule has 5 rings (SSSR count). The predicted octanol–water partition coefficient (Wildman–Crippen LogP) is 1.40. The third-order valence-electron chi connectivity index (χ3n) is 8.98. The fraction of sp³-hybridized carbons (Fsp3) is 0.864. The normalized spacial score (nSPS) is 54.6. The molecule has 4 N–H and O–H groups in total. The predicted molar refractivity (Wildman–Crippen MR) is 102 cm³/mol. The van der Waals surface area contributed by atoms with Crippen LogP contribution in [-0.2, 0) is 9.53 Å². The van der Waals surface area contributed by atoms with E-state index >= 15 is 0 Å². The molecule has 158 valence electrons. The van der Waals surface area contributed by atoms with Crippen LogP contribution in [-0.4, -0.2) is 56.9 Å².